The molecule has 0 aliphatic carbocycles. The molecule has 4 rings (SSSR count). The van der Waals surface area contributed by atoms with Gasteiger partial charge in [0.25, 0.3) is 0 Å². The van der Waals surface area contributed by atoms with Gasteiger partial charge in [0.1, 0.15) is 12.1 Å². The van der Waals surface area contributed by atoms with Gasteiger partial charge < -0.3 is 4.90 Å². The second-order valence-corrected chi connectivity index (χ2v) is 7.92. The lowest BCUT2D eigenvalue weighted by Crippen LogP contribution is -2.20. The molecular weight excluding hydrogens is 434 g/mol. The Morgan fingerprint density at radius 2 is 1.68 bits per heavy atom. The second kappa shape index (κ2) is 9.55. The van der Waals surface area contributed by atoms with Crippen molar-refractivity contribution in [1.82, 2.24) is 15.0 Å². The molecule has 0 fully saturated rings. The second-order valence-electron chi connectivity index (χ2n) is 6.42. The molecule has 2 aromatic heterocycles. The van der Waals surface area contributed by atoms with E-state index in [9.17, 15) is 10.1 Å². The molecule has 0 saturated carbocycles. The molecule has 0 aliphatic rings. The van der Waals surface area contributed by atoms with Crippen LogP contribution in [0.1, 0.15) is 5.56 Å². The van der Waals surface area contributed by atoms with Crippen LogP contribution in [-0.2, 0) is 6.54 Å². The van der Waals surface area contributed by atoms with Gasteiger partial charge in [-0.2, -0.15) is 0 Å². The molecule has 2 aromatic carbocycles. The zero-order chi connectivity index (χ0) is 21.6. The van der Waals surface area contributed by atoms with Gasteiger partial charge in [-0.15, -0.1) is 0 Å². The quantitative estimate of drug-likeness (QED) is 0.196. The van der Waals surface area contributed by atoms with Crippen LogP contribution in [0.2, 0.25) is 5.02 Å². The molecule has 0 amide bonds. The summed E-state index contributed by atoms with van der Waals surface area (Å²) in [4.78, 5) is 27.1. The van der Waals surface area contributed by atoms with Gasteiger partial charge in [-0.3, -0.25) is 10.1 Å². The Balaban J connectivity index is 1.80. The van der Waals surface area contributed by atoms with Crippen molar-refractivity contribution < 1.29 is 4.92 Å². The summed E-state index contributed by atoms with van der Waals surface area (Å²) < 4.78 is 0. The van der Waals surface area contributed by atoms with E-state index in [0.717, 1.165) is 10.5 Å². The molecule has 154 valence electrons. The predicted octanol–water partition coefficient (Wildman–Crippen LogP) is 5.92. The maximum absolute atomic E-state index is 12.1. The molecule has 0 aliphatic heterocycles. The van der Waals surface area contributed by atoms with E-state index in [1.165, 1.54) is 18.1 Å². The van der Waals surface area contributed by atoms with Gasteiger partial charge in [0.15, 0.2) is 5.03 Å². The molecule has 4 aromatic rings. The lowest BCUT2D eigenvalue weighted by Gasteiger charge is -2.23. The first-order valence-electron chi connectivity index (χ1n) is 9.27. The van der Waals surface area contributed by atoms with Crippen LogP contribution in [0.4, 0.5) is 17.3 Å². The van der Waals surface area contributed by atoms with Crippen LogP contribution in [0.15, 0.2) is 95.2 Å². The molecule has 0 N–H and O–H groups in total. The molecule has 7 nitrogen and oxygen atoms in total. The SMILES string of the molecule is O=[N+]([O-])c1c(Sc2ccc(Cl)cc2)ncnc1N(Cc1ccccc1)c1ccccn1. The third kappa shape index (κ3) is 4.99. The zero-order valence-electron chi connectivity index (χ0n) is 16.1. The van der Waals surface area contributed by atoms with E-state index in [1.807, 2.05) is 36.4 Å². The van der Waals surface area contributed by atoms with E-state index in [0.29, 0.717) is 17.4 Å². The maximum atomic E-state index is 12.1. The summed E-state index contributed by atoms with van der Waals surface area (Å²) in [5, 5.41) is 13.0. The molecule has 2 heterocycles. The van der Waals surface area contributed by atoms with E-state index >= 15 is 0 Å². The van der Waals surface area contributed by atoms with Crippen LogP contribution in [0.25, 0.3) is 0 Å². The smallest absolute Gasteiger partial charge is 0.301 e. The fourth-order valence-electron chi connectivity index (χ4n) is 2.94. The topological polar surface area (TPSA) is 85.0 Å². The van der Waals surface area contributed by atoms with Crippen molar-refractivity contribution in [3.8, 4) is 0 Å². The lowest BCUT2D eigenvalue weighted by molar-refractivity contribution is -0.387. The molecule has 0 saturated heterocycles. The summed E-state index contributed by atoms with van der Waals surface area (Å²) in [6.07, 6.45) is 2.98. The number of anilines is 2. The Morgan fingerprint density at radius 1 is 0.935 bits per heavy atom. The van der Waals surface area contributed by atoms with Gasteiger partial charge in [-0.25, -0.2) is 15.0 Å². The molecule has 0 unspecified atom stereocenters. The van der Waals surface area contributed by atoms with Gasteiger partial charge in [-0.1, -0.05) is 59.8 Å². The average Bonchev–Trinajstić information content (AvgIpc) is 2.80. The first-order valence-corrected chi connectivity index (χ1v) is 10.5. The predicted molar refractivity (Wildman–Crippen MR) is 121 cm³/mol. The highest BCUT2D eigenvalue weighted by atomic mass is 35.5. The van der Waals surface area contributed by atoms with Crippen molar-refractivity contribution in [1.29, 1.82) is 0 Å². The normalized spacial score (nSPS) is 10.6. The van der Waals surface area contributed by atoms with E-state index in [4.69, 9.17) is 11.6 Å². The van der Waals surface area contributed by atoms with E-state index < -0.39 is 4.92 Å². The summed E-state index contributed by atoms with van der Waals surface area (Å²) in [7, 11) is 0. The molecule has 31 heavy (non-hydrogen) atoms. The van der Waals surface area contributed by atoms with Crippen molar-refractivity contribution in [2.24, 2.45) is 0 Å². The largest absolute Gasteiger partial charge is 0.344 e. The summed E-state index contributed by atoms with van der Waals surface area (Å²) in [5.41, 5.74) is 0.789. The van der Waals surface area contributed by atoms with Crippen molar-refractivity contribution in [3.63, 3.8) is 0 Å². The van der Waals surface area contributed by atoms with Crippen LogP contribution in [0, 0.1) is 10.1 Å². The number of hydrogen-bond acceptors (Lipinski definition) is 7. The Kier molecular flexibility index (Phi) is 6.40. The van der Waals surface area contributed by atoms with Gasteiger partial charge in [-0.05, 0) is 42.0 Å². The number of nitro groups is 1. The minimum absolute atomic E-state index is 0.177. The minimum Gasteiger partial charge on any atom is -0.301 e. The molecule has 0 spiro atoms. The first kappa shape index (κ1) is 20.8. The molecule has 0 atom stereocenters. The number of rotatable bonds is 7. The molecule has 0 bridgehead atoms. The number of benzene rings is 2. The van der Waals surface area contributed by atoms with Crippen molar-refractivity contribution >= 4 is 40.7 Å². The van der Waals surface area contributed by atoms with Crippen LogP contribution in [0.3, 0.4) is 0 Å². The highest BCUT2D eigenvalue weighted by Gasteiger charge is 2.29. The van der Waals surface area contributed by atoms with Crippen molar-refractivity contribution in [3.05, 3.63) is 106 Å². The van der Waals surface area contributed by atoms with E-state index in [-0.39, 0.29) is 16.5 Å². The Morgan fingerprint density at radius 3 is 2.35 bits per heavy atom. The van der Waals surface area contributed by atoms with Crippen molar-refractivity contribution in [2.45, 2.75) is 16.5 Å². The Bertz CT molecular complexity index is 1180. The van der Waals surface area contributed by atoms with Gasteiger partial charge in [0.05, 0.1) is 11.5 Å². The summed E-state index contributed by atoms with van der Waals surface area (Å²) in [5.74, 6) is 0.731. The average molecular weight is 450 g/mol. The van der Waals surface area contributed by atoms with Gasteiger partial charge >= 0.3 is 5.69 Å². The minimum atomic E-state index is -0.450. The van der Waals surface area contributed by atoms with Crippen LogP contribution in [0.5, 0.6) is 0 Å². The number of hydrogen-bond donors (Lipinski definition) is 0. The van der Waals surface area contributed by atoms with E-state index in [2.05, 4.69) is 15.0 Å². The summed E-state index contributed by atoms with van der Waals surface area (Å²) in [6.45, 7) is 0.362. The van der Waals surface area contributed by atoms with Crippen LogP contribution in [-0.4, -0.2) is 19.9 Å². The maximum Gasteiger partial charge on any atom is 0.344 e. The number of aromatic nitrogens is 3. The molecule has 0 radical (unpaired) electrons. The number of nitrogens with zero attached hydrogens (tertiary/aromatic N) is 5. The Hall–Kier alpha value is -3.49. The third-order valence-corrected chi connectivity index (χ3v) is 5.60. The van der Waals surface area contributed by atoms with E-state index in [1.54, 1.807) is 47.5 Å². The third-order valence-electron chi connectivity index (χ3n) is 4.35. The molecule has 9 heteroatoms. The summed E-state index contributed by atoms with van der Waals surface area (Å²) in [6, 6.07) is 22.1. The zero-order valence-corrected chi connectivity index (χ0v) is 17.7. The Labute approximate surface area is 187 Å². The summed E-state index contributed by atoms with van der Waals surface area (Å²) >= 11 is 7.14. The highest BCUT2D eigenvalue weighted by molar-refractivity contribution is 7.99. The standard InChI is InChI=1S/C22H16ClN5O2S/c23-17-9-11-18(12-10-17)31-22-20(28(29)30)21(25-15-26-22)27(19-8-4-5-13-24-19)14-16-6-2-1-3-7-16/h1-13,15H,14H2. The fraction of sp³-hybridized carbons (Fsp3) is 0.0455. The van der Waals surface area contributed by atoms with Gasteiger partial charge in [0, 0.05) is 16.1 Å². The highest BCUT2D eigenvalue weighted by Crippen LogP contribution is 2.40. The van der Waals surface area contributed by atoms with Crippen LogP contribution >= 0.6 is 23.4 Å². The molecular formula is C22H16ClN5O2S. The number of halogens is 1. The monoisotopic (exact) mass is 449 g/mol. The first-order chi connectivity index (χ1) is 15.1. The number of pyridine rings is 1. The van der Waals surface area contributed by atoms with Crippen molar-refractivity contribution in [2.75, 3.05) is 4.90 Å². The fourth-order valence-corrected chi connectivity index (χ4v) is 3.93. The van der Waals surface area contributed by atoms with Crippen LogP contribution < -0.4 is 4.90 Å². The van der Waals surface area contributed by atoms with Gasteiger partial charge in [0.2, 0.25) is 5.82 Å². The lowest BCUT2D eigenvalue weighted by atomic mass is 10.2.